The Labute approximate surface area is 170 Å². The molecule has 1 spiro atoms. The molecule has 0 saturated carbocycles. The van der Waals surface area contributed by atoms with Gasteiger partial charge in [-0.2, -0.15) is 5.10 Å². The van der Waals surface area contributed by atoms with Gasteiger partial charge < -0.3 is 10.2 Å². The average Bonchev–Trinajstić information content (AvgIpc) is 3.15. The van der Waals surface area contributed by atoms with Crippen LogP contribution in [0.4, 0.5) is 4.39 Å². The molecule has 6 nitrogen and oxygen atoms in total. The molecular weight excluding hydrogens is 371 g/mol. The van der Waals surface area contributed by atoms with Crippen molar-refractivity contribution >= 4 is 11.8 Å². The van der Waals surface area contributed by atoms with Crippen molar-refractivity contribution in [1.29, 1.82) is 0 Å². The molecule has 2 amide bonds. The molecule has 2 aliphatic heterocycles. The zero-order chi connectivity index (χ0) is 20.8. The number of aryl methyl sites for hydroxylation is 1. The van der Waals surface area contributed by atoms with Gasteiger partial charge in [0.05, 0.1) is 11.2 Å². The third-order valence-corrected chi connectivity index (χ3v) is 6.59. The van der Waals surface area contributed by atoms with Crippen LogP contribution in [0.3, 0.4) is 0 Å². The first-order valence-corrected chi connectivity index (χ1v) is 10.1. The van der Waals surface area contributed by atoms with Crippen LogP contribution in [0, 0.1) is 26.6 Å². The summed E-state index contributed by atoms with van der Waals surface area (Å²) in [6, 6.07) is 6.50. The third-order valence-electron chi connectivity index (χ3n) is 6.59. The minimum Gasteiger partial charge on any atom is -0.348 e. The van der Waals surface area contributed by atoms with Gasteiger partial charge in [-0.1, -0.05) is 12.1 Å². The van der Waals surface area contributed by atoms with Crippen molar-refractivity contribution in [3.05, 3.63) is 52.6 Å². The molecule has 2 atom stereocenters. The summed E-state index contributed by atoms with van der Waals surface area (Å²) >= 11 is 0. The van der Waals surface area contributed by atoms with Crippen LogP contribution in [-0.4, -0.2) is 45.1 Å². The van der Waals surface area contributed by atoms with E-state index in [4.69, 9.17) is 0 Å². The Morgan fingerprint density at radius 1 is 1.34 bits per heavy atom. The molecule has 2 fully saturated rings. The van der Waals surface area contributed by atoms with E-state index in [0.29, 0.717) is 19.5 Å². The van der Waals surface area contributed by atoms with Gasteiger partial charge >= 0.3 is 0 Å². The van der Waals surface area contributed by atoms with Crippen LogP contribution in [0.5, 0.6) is 0 Å². The topological polar surface area (TPSA) is 67.2 Å². The summed E-state index contributed by atoms with van der Waals surface area (Å²) < 4.78 is 15.6. The monoisotopic (exact) mass is 398 g/mol. The number of benzene rings is 1. The summed E-state index contributed by atoms with van der Waals surface area (Å²) in [5, 5.41) is 7.63. The van der Waals surface area contributed by atoms with Crippen LogP contribution in [0.15, 0.2) is 24.3 Å². The van der Waals surface area contributed by atoms with Crippen LogP contribution in [-0.2, 0) is 16.1 Å². The number of piperidine rings is 1. The van der Waals surface area contributed by atoms with Gasteiger partial charge in [-0.05, 0) is 56.9 Å². The maximum absolute atomic E-state index is 13.9. The van der Waals surface area contributed by atoms with E-state index in [0.717, 1.165) is 35.4 Å². The van der Waals surface area contributed by atoms with E-state index >= 15 is 0 Å². The lowest BCUT2D eigenvalue weighted by molar-refractivity contribution is -0.132. The first kappa shape index (κ1) is 19.6. The number of aromatic nitrogens is 2. The van der Waals surface area contributed by atoms with E-state index in [1.54, 1.807) is 15.6 Å². The van der Waals surface area contributed by atoms with Crippen LogP contribution in [0.2, 0.25) is 0 Å². The summed E-state index contributed by atoms with van der Waals surface area (Å²) in [5.41, 5.74) is 3.28. The van der Waals surface area contributed by atoms with E-state index in [9.17, 15) is 14.0 Å². The van der Waals surface area contributed by atoms with Gasteiger partial charge in [0.1, 0.15) is 12.4 Å². The lowest BCUT2D eigenvalue weighted by Gasteiger charge is -2.39. The molecule has 29 heavy (non-hydrogen) atoms. The van der Waals surface area contributed by atoms with Crippen LogP contribution in [0.1, 0.15) is 47.7 Å². The molecule has 2 saturated heterocycles. The Kier molecular flexibility index (Phi) is 4.92. The van der Waals surface area contributed by atoms with Gasteiger partial charge in [0.15, 0.2) is 0 Å². The summed E-state index contributed by atoms with van der Waals surface area (Å²) in [6.45, 7) is 6.97. The second kappa shape index (κ2) is 7.28. The van der Waals surface area contributed by atoms with Gasteiger partial charge in [0.25, 0.3) is 0 Å². The molecule has 1 aromatic carbocycles. The molecule has 2 aromatic rings. The normalized spacial score (nSPS) is 24.2. The van der Waals surface area contributed by atoms with Gasteiger partial charge in [0, 0.05) is 31.1 Å². The first-order chi connectivity index (χ1) is 13.8. The van der Waals surface area contributed by atoms with Crippen molar-refractivity contribution in [2.45, 2.75) is 58.0 Å². The van der Waals surface area contributed by atoms with Crippen molar-refractivity contribution in [3.63, 3.8) is 0 Å². The van der Waals surface area contributed by atoms with Crippen molar-refractivity contribution in [3.8, 4) is 0 Å². The minimum atomic E-state index is -0.538. The quantitative estimate of drug-likeness (QED) is 0.864. The molecule has 1 N–H and O–H groups in total. The maximum Gasteiger partial charge on any atom is 0.244 e. The lowest BCUT2D eigenvalue weighted by Crippen LogP contribution is -2.56. The van der Waals surface area contributed by atoms with E-state index in [-0.39, 0.29) is 30.1 Å². The minimum absolute atomic E-state index is 0.00104. The summed E-state index contributed by atoms with van der Waals surface area (Å²) in [4.78, 5) is 27.1. The number of hydrogen-bond donors (Lipinski definition) is 1. The van der Waals surface area contributed by atoms with Gasteiger partial charge in [-0.15, -0.1) is 0 Å². The van der Waals surface area contributed by atoms with E-state index in [2.05, 4.69) is 10.4 Å². The number of nitrogens with zero attached hydrogens (tertiary/aromatic N) is 3. The summed E-state index contributed by atoms with van der Waals surface area (Å²) in [6.07, 6.45) is 2.05. The van der Waals surface area contributed by atoms with Gasteiger partial charge in [-0.3, -0.25) is 14.3 Å². The van der Waals surface area contributed by atoms with Crippen LogP contribution in [0.25, 0.3) is 0 Å². The molecule has 154 valence electrons. The van der Waals surface area contributed by atoms with Crippen LogP contribution >= 0.6 is 0 Å². The van der Waals surface area contributed by atoms with Crippen LogP contribution < -0.4 is 5.32 Å². The van der Waals surface area contributed by atoms with E-state index in [1.165, 1.54) is 12.1 Å². The first-order valence-electron chi connectivity index (χ1n) is 10.1. The molecule has 2 aliphatic rings. The Morgan fingerprint density at radius 3 is 2.79 bits per heavy atom. The fraction of sp³-hybridized carbons (Fsp3) is 0.500. The fourth-order valence-corrected chi connectivity index (χ4v) is 4.76. The Hall–Kier alpha value is -2.70. The van der Waals surface area contributed by atoms with Crippen molar-refractivity contribution in [1.82, 2.24) is 20.0 Å². The maximum atomic E-state index is 13.9. The fourth-order valence-electron chi connectivity index (χ4n) is 4.76. The number of halogens is 1. The number of amides is 2. The molecule has 3 heterocycles. The predicted molar refractivity (Wildman–Crippen MR) is 107 cm³/mol. The zero-order valence-corrected chi connectivity index (χ0v) is 17.2. The highest BCUT2D eigenvalue weighted by molar-refractivity contribution is 5.80. The highest BCUT2D eigenvalue weighted by atomic mass is 19.1. The van der Waals surface area contributed by atoms with Gasteiger partial charge in [0.2, 0.25) is 11.8 Å². The number of carbonyl (C=O) groups is 2. The summed E-state index contributed by atoms with van der Waals surface area (Å²) in [7, 11) is 0. The molecule has 7 heteroatoms. The SMILES string of the molecule is Cc1nn(CC(=O)N2C[C@@H](c3cccc(F)c3)[C@@]3(CCCC(=O)N3)C2)c(C)c1C. The van der Waals surface area contributed by atoms with Crippen molar-refractivity contribution < 1.29 is 14.0 Å². The summed E-state index contributed by atoms with van der Waals surface area (Å²) in [5.74, 6) is -0.467. The number of rotatable bonds is 3. The van der Waals surface area contributed by atoms with Crippen molar-refractivity contribution in [2.24, 2.45) is 0 Å². The molecular formula is C22H27FN4O2. The zero-order valence-electron chi connectivity index (χ0n) is 17.2. The number of hydrogen-bond acceptors (Lipinski definition) is 3. The second-order valence-corrected chi connectivity index (χ2v) is 8.39. The highest BCUT2D eigenvalue weighted by Gasteiger charge is 2.50. The predicted octanol–water partition coefficient (Wildman–Crippen LogP) is 2.61. The number of likely N-dealkylation sites (tertiary alicyclic amines) is 1. The largest absolute Gasteiger partial charge is 0.348 e. The molecule has 4 rings (SSSR count). The van der Waals surface area contributed by atoms with Crippen molar-refractivity contribution in [2.75, 3.05) is 13.1 Å². The smallest absolute Gasteiger partial charge is 0.244 e. The second-order valence-electron chi connectivity index (χ2n) is 8.39. The number of nitrogens with one attached hydrogen (secondary N) is 1. The Balaban J connectivity index is 1.61. The molecule has 0 bridgehead atoms. The Bertz CT molecular complexity index is 970. The van der Waals surface area contributed by atoms with E-state index < -0.39 is 5.54 Å². The highest BCUT2D eigenvalue weighted by Crippen LogP contribution is 2.41. The lowest BCUT2D eigenvalue weighted by atomic mass is 9.76. The number of carbonyl (C=O) groups excluding carboxylic acids is 2. The van der Waals surface area contributed by atoms with Gasteiger partial charge in [-0.25, -0.2) is 4.39 Å². The molecule has 0 radical (unpaired) electrons. The standard InChI is InChI=1S/C22H27FN4O2/c1-14-15(2)25-27(16(14)3)12-21(29)26-11-19(17-6-4-7-18(23)10-17)22(13-26)9-5-8-20(28)24-22/h4,6-7,10,19H,5,8-9,11-13H2,1-3H3,(H,24,28)/t19-,22+/m0/s1. The molecule has 0 unspecified atom stereocenters. The molecule has 1 aromatic heterocycles. The average molecular weight is 398 g/mol. The third kappa shape index (κ3) is 3.54. The Morgan fingerprint density at radius 2 is 2.14 bits per heavy atom. The van der Waals surface area contributed by atoms with E-state index in [1.807, 2.05) is 26.8 Å². The molecule has 0 aliphatic carbocycles.